The maximum absolute atomic E-state index is 10.7. The van der Waals surface area contributed by atoms with Crippen molar-refractivity contribution in [1.82, 2.24) is 0 Å². The third-order valence-electron chi connectivity index (χ3n) is 0.151. The van der Waals surface area contributed by atoms with Gasteiger partial charge in [0.15, 0.2) is 0 Å². The first kappa shape index (κ1) is 4.40. The molecular weight excluding hydrogens is 73.0 g/mol. The molecule has 0 rings (SSSR count). The van der Waals surface area contributed by atoms with E-state index < -0.39 is 6.67 Å². The predicted octanol–water partition coefficient (Wildman–Crippen LogP) is 0.416. The van der Waals surface area contributed by atoms with Gasteiger partial charge in [-0.05, 0) is 0 Å². The van der Waals surface area contributed by atoms with Gasteiger partial charge in [0.1, 0.15) is 6.67 Å². The molecule has 0 aliphatic heterocycles. The molecule has 0 aromatic rings. The molecule has 0 radical (unpaired) electrons. The van der Waals surface area contributed by atoms with Crippen LogP contribution < -0.4 is 0 Å². The van der Waals surface area contributed by atoms with Gasteiger partial charge in [-0.3, -0.25) is 0 Å². The summed E-state index contributed by atoms with van der Waals surface area (Å²) < 4.78 is 10.7. The maximum Gasteiger partial charge on any atom is 0.128 e. The standard InChI is InChI=1S/C2H4FNO/c3-1-2-4-5/h2,5H,1H2/b4-2+. The third-order valence-corrected chi connectivity index (χ3v) is 0.151. The number of alkyl halides is 1. The van der Waals surface area contributed by atoms with E-state index in [-0.39, 0.29) is 0 Å². The van der Waals surface area contributed by atoms with E-state index in [0.717, 1.165) is 6.21 Å². The van der Waals surface area contributed by atoms with E-state index in [1.54, 1.807) is 0 Å². The number of rotatable bonds is 1. The first-order valence-corrected chi connectivity index (χ1v) is 1.13. The van der Waals surface area contributed by atoms with Crippen LogP contribution in [0.3, 0.4) is 0 Å². The number of halogens is 1. The second kappa shape index (κ2) is 3.40. The molecule has 0 aromatic heterocycles. The summed E-state index contributed by atoms with van der Waals surface area (Å²) in [5, 5.41) is 9.75. The Bertz CT molecular complexity index is 36.6. The van der Waals surface area contributed by atoms with Crippen LogP contribution >= 0.6 is 0 Å². The highest BCUT2D eigenvalue weighted by atomic mass is 19.1. The molecule has 0 aliphatic carbocycles. The first-order valence-electron chi connectivity index (χ1n) is 1.13. The zero-order valence-corrected chi connectivity index (χ0v) is 2.56. The third kappa shape index (κ3) is 3.40. The van der Waals surface area contributed by atoms with E-state index in [9.17, 15) is 4.39 Å². The van der Waals surface area contributed by atoms with Gasteiger partial charge in [0.2, 0.25) is 0 Å². The van der Waals surface area contributed by atoms with Crippen LogP contribution in [0.2, 0.25) is 0 Å². The minimum absolute atomic E-state index is 0.698. The molecule has 0 spiro atoms. The Morgan fingerprint density at radius 3 is 2.60 bits per heavy atom. The lowest BCUT2D eigenvalue weighted by Crippen LogP contribution is -1.69. The van der Waals surface area contributed by atoms with Crippen LogP contribution in [0.4, 0.5) is 4.39 Å². The largest absolute Gasteiger partial charge is 0.411 e. The highest BCUT2D eigenvalue weighted by Gasteiger charge is 1.59. The lowest BCUT2D eigenvalue weighted by molar-refractivity contribution is 0.319. The van der Waals surface area contributed by atoms with Gasteiger partial charge in [0.25, 0.3) is 0 Å². The Morgan fingerprint density at radius 1 is 2.00 bits per heavy atom. The van der Waals surface area contributed by atoms with Gasteiger partial charge in [-0.2, -0.15) is 0 Å². The average Bonchev–Trinajstić information content (AvgIpc) is 1.41. The average molecular weight is 77.1 g/mol. The zero-order valence-electron chi connectivity index (χ0n) is 2.56. The fourth-order valence-corrected chi connectivity index (χ4v) is 0.0309. The van der Waals surface area contributed by atoms with Crippen molar-refractivity contribution in [3.05, 3.63) is 0 Å². The summed E-state index contributed by atoms with van der Waals surface area (Å²) in [5.74, 6) is 0. The van der Waals surface area contributed by atoms with E-state index in [1.165, 1.54) is 0 Å². The molecular formula is C2H4FNO. The number of hydrogen-bond donors (Lipinski definition) is 1. The molecule has 0 atom stereocenters. The van der Waals surface area contributed by atoms with Crippen molar-refractivity contribution in [1.29, 1.82) is 0 Å². The second-order valence-corrected chi connectivity index (χ2v) is 0.452. The normalized spacial score (nSPS) is 9.80. The van der Waals surface area contributed by atoms with E-state index in [2.05, 4.69) is 5.16 Å². The van der Waals surface area contributed by atoms with Crippen molar-refractivity contribution in [3.8, 4) is 0 Å². The summed E-state index contributed by atoms with van der Waals surface area (Å²) in [6, 6.07) is 0. The summed E-state index contributed by atoms with van der Waals surface area (Å²) in [4.78, 5) is 0. The molecule has 0 saturated carbocycles. The van der Waals surface area contributed by atoms with E-state index in [0.29, 0.717) is 0 Å². The first-order chi connectivity index (χ1) is 2.41. The lowest BCUT2D eigenvalue weighted by atomic mass is 10.9. The highest BCUT2D eigenvalue weighted by molar-refractivity contribution is 5.56. The molecule has 1 N–H and O–H groups in total. The lowest BCUT2D eigenvalue weighted by Gasteiger charge is -1.62. The smallest absolute Gasteiger partial charge is 0.128 e. The molecule has 0 aromatic carbocycles. The number of nitrogens with zero attached hydrogens (tertiary/aromatic N) is 1. The molecule has 0 bridgehead atoms. The minimum Gasteiger partial charge on any atom is -0.411 e. The molecule has 5 heavy (non-hydrogen) atoms. The van der Waals surface area contributed by atoms with Crippen LogP contribution in [0, 0.1) is 0 Å². The van der Waals surface area contributed by atoms with Gasteiger partial charge in [-0.25, -0.2) is 4.39 Å². The fourth-order valence-electron chi connectivity index (χ4n) is 0.0309. The van der Waals surface area contributed by atoms with Gasteiger partial charge >= 0.3 is 0 Å². The molecule has 0 fully saturated rings. The van der Waals surface area contributed by atoms with Crippen LogP contribution in [0.15, 0.2) is 5.16 Å². The van der Waals surface area contributed by atoms with Crippen molar-refractivity contribution in [2.45, 2.75) is 0 Å². The maximum atomic E-state index is 10.7. The molecule has 0 heterocycles. The van der Waals surface area contributed by atoms with Crippen LogP contribution in [-0.4, -0.2) is 18.1 Å². The summed E-state index contributed by atoms with van der Waals surface area (Å²) >= 11 is 0. The SMILES string of the molecule is O/N=C/CF. The topological polar surface area (TPSA) is 32.6 Å². The van der Waals surface area contributed by atoms with Crippen molar-refractivity contribution in [2.24, 2.45) is 5.16 Å². The molecule has 0 unspecified atom stereocenters. The van der Waals surface area contributed by atoms with Gasteiger partial charge in [0.05, 0.1) is 6.21 Å². The van der Waals surface area contributed by atoms with Crippen molar-refractivity contribution in [3.63, 3.8) is 0 Å². The highest BCUT2D eigenvalue weighted by Crippen LogP contribution is 1.54. The summed E-state index contributed by atoms with van der Waals surface area (Å²) in [5.41, 5.74) is 0. The zero-order chi connectivity index (χ0) is 4.12. The van der Waals surface area contributed by atoms with Crippen LogP contribution in [-0.2, 0) is 0 Å². The Balaban J connectivity index is 2.62. The quantitative estimate of drug-likeness (QED) is 0.274. The van der Waals surface area contributed by atoms with E-state index in [4.69, 9.17) is 5.21 Å². The van der Waals surface area contributed by atoms with Crippen LogP contribution in [0.5, 0.6) is 0 Å². The second-order valence-electron chi connectivity index (χ2n) is 0.452. The van der Waals surface area contributed by atoms with Gasteiger partial charge in [-0.1, -0.05) is 5.16 Å². The number of hydrogen-bond acceptors (Lipinski definition) is 2. The Hall–Kier alpha value is -0.600. The number of oxime groups is 1. The fraction of sp³-hybridized carbons (Fsp3) is 0.500. The van der Waals surface area contributed by atoms with E-state index in [1.807, 2.05) is 0 Å². The summed E-state index contributed by atoms with van der Waals surface area (Å²) in [6.45, 7) is -0.698. The van der Waals surface area contributed by atoms with Crippen LogP contribution in [0.1, 0.15) is 0 Å². The predicted molar refractivity (Wildman–Crippen MR) is 16.3 cm³/mol. The van der Waals surface area contributed by atoms with Gasteiger partial charge < -0.3 is 5.21 Å². The molecule has 30 valence electrons. The molecule has 0 aliphatic rings. The minimum atomic E-state index is -0.698. The molecule has 0 amide bonds. The van der Waals surface area contributed by atoms with Crippen molar-refractivity contribution in [2.75, 3.05) is 6.67 Å². The molecule has 2 nitrogen and oxygen atoms in total. The van der Waals surface area contributed by atoms with Crippen molar-refractivity contribution >= 4 is 6.21 Å². The Kier molecular flexibility index (Phi) is 2.99. The van der Waals surface area contributed by atoms with Gasteiger partial charge in [-0.15, -0.1) is 0 Å². The Labute approximate surface area is 28.9 Å². The summed E-state index contributed by atoms with van der Waals surface area (Å²) in [6.07, 6.45) is 0.764. The Morgan fingerprint density at radius 2 is 2.60 bits per heavy atom. The van der Waals surface area contributed by atoms with Crippen LogP contribution in [0.25, 0.3) is 0 Å². The summed E-state index contributed by atoms with van der Waals surface area (Å²) in [7, 11) is 0. The van der Waals surface area contributed by atoms with E-state index >= 15 is 0 Å². The van der Waals surface area contributed by atoms with Gasteiger partial charge in [0, 0.05) is 0 Å². The molecule has 0 saturated heterocycles. The van der Waals surface area contributed by atoms with Crippen molar-refractivity contribution < 1.29 is 9.60 Å². The monoisotopic (exact) mass is 77.0 g/mol. The molecule has 3 heteroatoms.